The molecule has 2 N–H and O–H groups in total. The summed E-state index contributed by atoms with van der Waals surface area (Å²) in [5.74, 6) is 0.0878. The van der Waals surface area contributed by atoms with Crippen LogP contribution in [0.3, 0.4) is 0 Å². The number of aromatic hydroxyl groups is 2. The van der Waals surface area contributed by atoms with Gasteiger partial charge in [0.1, 0.15) is 17.8 Å². The molecule has 0 aliphatic rings. The van der Waals surface area contributed by atoms with E-state index in [4.69, 9.17) is 0 Å². The summed E-state index contributed by atoms with van der Waals surface area (Å²) in [7, 11) is 0. The first-order chi connectivity index (χ1) is 8.56. The van der Waals surface area contributed by atoms with Crippen molar-refractivity contribution in [3.8, 4) is 11.5 Å². The predicted octanol–water partition coefficient (Wildman–Crippen LogP) is 3.62. The van der Waals surface area contributed by atoms with E-state index >= 15 is 0 Å². The maximum Gasteiger partial charge on any atom is 0.145 e. The second-order valence-corrected chi connectivity index (χ2v) is 4.77. The molecule has 0 unspecified atom stereocenters. The van der Waals surface area contributed by atoms with Crippen LogP contribution in [0, 0.1) is 0 Å². The predicted molar refractivity (Wildman–Crippen MR) is 74.7 cm³/mol. The van der Waals surface area contributed by atoms with Crippen LogP contribution < -0.4 is 0 Å². The Hall–Kier alpha value is -1.81. The van der Waals surface area contributed by atoms with Crippen LogP contribution in [0.2, 0.25) is 0 Å². The number of hydrogen-bond donors (Lipinski definition) is 2. The summed E-state index contributed by atoms with van der Waals surface area (Å²) in [6, 6.07) is 6.98. The van der Waals surface area contributed by atoms with Crippen LogP contribution in [0.15, 0.2) is 34.3 Å². The van der Waals surface area contributed by atoms with Gasteiger partial charge in [-0.3, -0.25) is 4.79 Å². The highest BCUT2D eigenvalue weighted by Gasteiger charge is 2.15. The molecule has 0 aromatic heterocycles. The van der Waals surface area contributed by atoms with Gasteiger partial charge in [0.15, 0.2) is 0 Å². The highest BCUT2D eigenvalue weighted by atomic mass is 79.9. The average Bonchev–Trinajstić information content (AvgIpc) is 2.40. The Labute approximate surface area is 113 Å². The lowest BCUT2D eigenvalue weighted by Crippen LogP contribution is -1.86. The van der Waals surface area contributed by atoms with E-state index < -0.39 is 0 Å². The molecule has 0 saturated carbocycles. The van der Waals surface area contributed by atoms with Gasteiger partial charge in [-0.15, -0.1) is 0 Å². The molecule has 0 bridgehead atoms. The number of allylic oxidation sites excluding steroid dienone is 1. The van der Waals surface area contributed by atoms with E-state index in [1.807, 2.05) is 0 Å². The van der Waals surface area contributed by atoms with Crippen LogP contribution in [-0.4, -0.2) is 16.5 Å². The van der Waals surface area contributed by atoms with E-state index in [1.54, 1.807) is 31.2 Å². The monoisotopic (exact) mass is 306 g/mol. The van der Waals surface area contributed by atoms with Crippen molar-refractivity contribution in [3.63, 3.8) is 0 Å². The summed E-state index contributed by atoms with van der Waals surface area (Å²) in [6.07, 6.45) is 2.22. The van der Waals surface area contributed by atoms with Gasteiger partial charge in [-0.05, 0) is 34.5 Å². The fourth-order valence-electron chi connectivity index (χ4n) is 1.78. The SMILES string of the molecule is C/C(C=O)=C/c1c(Br)c(O)c2ccccc2c1O. The van der Waals surface area contributed by atoms with Gasteiger partial charge in [0.05, 0.1) is 4.47 Å². The molecule has 0 heterocycles. The van der Waals surface area contributed by atoms with Crippen molar-refractivity contribution in [3.05, 3.63) is 39.9 Å². The molecule has 0 radical (unpaired) electrons. The maximum absolute atomic E-state index is 10.7. The minimum absolute atomic E-state index is 0.0384. The third-order valence-corrected chi connectivity index (χ3v) is 3.50. The van der Waals surface area contributed by atoms with E-state index in [0.29, 0.717) is 32.7 Å². The standard InChI is InChI=1S/C14H11BrO3/c1-8(7-16)6-11-12(15)14(18)10-5-3-2-4-9(10)13(11)17/h2-7,17-18H,1H3/b8-6-. The van der Waals surface area contributed by atoms with Gasteiger partial charge in [-0.1, -0.05) is 24.3 Å². The molecule has 18 heavy (non-hydrogen) atoms. The average molecular weight is 307 g/mol. The first-order valence-electron chi connectivity index (χ1n) is 5.32. The number of benzene rings is 2. The molecule has 0 amide bonds. The van der Waals surface area contributed by atoms with Gasteiger partial charge in [-0.25, -0.2) is 0 Å². The molecule has 0 spiro atoms. The number of phenolic OH excluding ortho intramolecular Hbond substituents is 2. The van der Waals surface area contributed by atoms with Gasteiger partial charge in [0.2, 0.25) is 0 Å². The van der Waals surface area contributed by atoms with Crippen LogP contribution in [0.1, 0.15) is 12.5 Å². The summed E-state index contributed by atoms with van der Waals surface area (Å²) in [5, 5.41) is 21.4. The molecule has 3 nitrogen and oxygen atoms in total. The molecular formula is C14H11BrO3. The number of aldehydes is 1. The molecule has 4 heteroatoms. The Morgan fingerprint density at radius 1 is 1.17 bits per heavy atom. The lowest BCUT2D eigenvalue weighted by Gasteiger charge is -2.10. The Morgan fingerprint density at radius 2 is 1.72 bits per heavy atom. The van der Waals surface area contributed by atoms with Crippen LogP contribution in [0.25, 0.3) is 16.8 Å². The Balaban J connectivity index is 2.87. The number of phenols is 2. The van der Waals surface area contributed by atoms with Crippen molar-refractivity contribution in [2.45, 2.75) is 6.92 Å². The van der Waals surface area contributed by atoms with E-state index in [2.05, 4.69) is 15.9 Å². The molecule has 0 atom stereocenters. The normalized spacial score (nSPS) is 11.8. The molecule has 2 rings (SSSR count). The second-order valence-electron chi connectivity index (χ2n) is 3.98. The quantitative estimate of drug-likeness (QED) is 0.506. The van der Waals surface area contributed by atoms with Gasteiger partial charge in [0.25, 0.3) is 0 Å². The number of carbonyl (C=O) groups excluding carboxylic acids is 1. The van der Waals surface area contributed by atoms with Crippen molar-refractivity contribution in [2.75, 3.05) is 0 Å². The zero-order chi connectivity index (χ0) is 13.3. The minimum atomic E-state index is 0.0384. The molecular weight excluding hydrogens is 296 g/mol. The van der Waals surface area contributed by atoms with E-state index in [9.17, 15) is 15.0 Å². The van der Waals surface area contributed by atoms with Crippen molar-refractivity contribution < 1.29 is 15.0 Å². The molecule has 0 fully saturated rings. The Kier molecular flexibility index (Phi) is 3.39. The molecule has 2 aromatic carbocycles. The molecule has 92 valence electrons. The summed E-state index contributed by atoms with van der Waals surface area (Å²) < 4.78 is 0.375. The van der Waals surface area contributed by atoms with Gasteiger partial charge < -0.3 is 10.2 Å². The molecule has 0 aliphatic heterocycles. The number of rotatable bonds is 2. The Bertz CT molecular complexity index is 660. The lowest BCUT2D eigenvalue weighted by atomic mass is 10.0. The zero-order valence-corrected chi connectivity index (χ0v) is 11.2. The smallest absolute Gasteiger partial charge is 0.145 e. The molecule has 0 aliphatic carbocycles. The van der Waals surface area contributed by atoms with Crippen LogP contribution >= 0.6 is 15.9 Å². The summed E-state index contributed by atoms with van der Waals surface area (Å²) in [6.45, 7) is 1.63. The lowest BCUT2D eigenvalue weighted by molar-refractivity contribution is -0.104. The number of fused-ring (bicyclic) bond motifs is 1. The van der Waals surface area contributed by atoms with Crippen LogP contribution in [-0.2, 0) is 4.79 Å². The highest BCUT2D eigenvalue weighted by Crippen LogP contribution is 2.43. The van der Waals surface area contributed by atoms with Crippen molar-refractivity contribution in [1.29, 1.82) is 0 Å². The third kappa shape index (κ3) is 1.99. The first kappa shape index (κ1) is 12.6. The summed E-state index contributed by atoms with van der Waals surface area (Å²) in [5.41, 5.74) is 0.858. The van der Waals surface area contributed by atoms with Gasteiger partial charge >= 0.3 is 0 Å². The molecule has 0 saturated heterocycles. The number of halogens is 1. The van der Waals surface area contributed by atoms with Crippen molar-refractivity contribution >= 4 is 39.1 Å². The molecule has 2 aromatic rings. The van der Waals surface area contributed by atoms with Crippen LogP contribution in [0.4, 0.5) is 0 Å². The number of carbonyl (C=O) groups is 1. The van der Waals surface area contributed by atoms with Gasteiger partial charge in [-0.2, -0.15) is 0 Å². The van der Waals surface area contributed by atoms with E-state index in [-0.39, 0.29) is 11.5 Å². The Morgan fingerprint density at radius 3 is 2.28 bits per heavy atom. The topological polar surface area (TPSA) is 57.5 Å². The van der Waals surface area contributed by atoms with E-state index in [1.165, 1.54) is 6.08 Å². The largest absolute Gasteiger partial charge is 0.507 e. The minimum Gasteiger partial charge on any atom is -0.507 e. The van der Waals surface area contributed by atoms with Crippen molar-refractivity contribution in [2.24, 2.45) is 0 Å². The summed E-state index contributed by atoms with van der Waals surface area (Å²) >= 11 is 3.24. The first-order valence-corrected chi connectivity index (χ1v) is 6.11. The maximum atomic E-state index is 10.7. The van der Waals surface area contributed by atoms with Crippen molar-refractivity contribution in [1.82, 2.24) is 0 Å². The fraction of sp³-hybridized carbons (Fsp3) is 0.0714. The zero-order valence-electron chi connectivity index (χ0n) is 9.64. The fourth-order valence-corrected chi connectivity index (χ4v) is 2.30. The number of hydrogen-bond acceptors (Lipinski definition) is 3. The van der Waals surface area contributed by atoms with E-state index in [0.717, 1.165) is 0 Å². The summed E-state index contributed by atoms with van der Waals surface area (Å²) in [4.78, 5) is 10.7. The van der Waals surface area contributed by atoms with Crippen LogP contribution in [0.5, 0.6) is 11.5 Å². The highest BCUT2D eigenvalue weighted by molar-refractivity contribution is 9.10. The van der Waals surface area contributed by atoms with Gasteiger partial charge in [0, 0.05) is 16.3 Å². The third-order valence-electron chi connectivity index (χ3n) is 2.69. The second kappa shape index (κ2) is 4.82.